The summed E-state index contributed by atoms with van der Waals surface area (Å²) in [4.78, 5) is 47.1. The van der Waals surface area contributed by atoms with Crippen molar-refractivity contribution in [2.24, 2.45) is 11.8 Å². The summed E-state index contributed by atoms with van der Waals surface area (Å²) >= 11 is 0. The molecule has 0 saturated carbocycles. The zero-order valence-corrected chi connectivity index (χ0v) is 18.8. The van der Waals surface area contributed by atoms with Crippen molar-refractivity contribution in [2.75, 3.05) is 6.16 Å². The normalized spacial score (nSPS) is 14.8. The molecule has 2 aromatic carbocycles. The van der Waals surface area contributed by atoms with Crippen LogP contribution in [0.3, 0.4) is 0 Å². The molecular weight excluding hydrogens is 433 g/mol. The van der Waals surface area contributed by atoms with E-state index >= 15 is 0 Å². The van der Waals surface area contributed by atoms with E-state index in [9.17, 15) is 28.9 Å². The second-order valence-corrected chi connectivity index (χ2v) is 10.3. The third-order valence-electron chi connectivity index (χ3n) is 5.01. The van der Waals surface area contributed by atoms with E-state index < -0.39 is 48.9 Å². The van der Waals surface area contributed by atoms with Crippen LogP contribution in [-0.4, -0.2) is 39.7 Å². The highest BCUT2D eigenvalue weighted by atomic mass is 31.2. The smallest absolute Gasteiger partial charge is 0.311 e. The Kier molecular flexibility index (Phi) is 8.72. The van der Waals surface area contributed by atoms with Gasteiger partial charge in [-0.05, 0) is 29.2 Å². The van der Waals surface area contributed by atoms with Crippen molar-refractivity contribution in [3.05, 3.63) is 71.3 Å². The Morgan fingerprint density at radius 1 is 1.06 bits per heavy atom. The molecular formula is C22H28N3O6P. The highest BCUT2D eigenvalue weighted by Crippen LogP contribution is 2.51. The maximum absolute atomic E-state index is 13.3. The van der Waals surface area contributed by atoms with E-state index in [0.717, 1.165) is 5.56 Å². The molecule has 10 heteroatoms. The molecule has 0 aliphatic heterocycles. The maximum Gasteiger partial charge on any atom is 0.311 e. The third kappa shape index (κ3) is 6.75. The summed E-state index contributed by atoms with van der Waals surface area (Å²) in [6, 6.07) is 14.6. The van der Waals surface area contributed by atoms with Gasteiger partial charge in [0, 0.05) is 11.7 Å². The van der Waals surface area contributed by atoms with Crippen LogP contribution in [0.1, 0.15) is 41.3 Å². The average molecular weight is 461 g/mol. The highest BCUT2D eigenvalue weighted by Gasteiger charge is 2.39. The largest absolute Gasteiger partial charge is 0.481 e. The summed E-state index contributed by atoms with van der Waals surface area (Å²) in [5.41, 5.74) is 3.02. The number of nitrogens with two attached hydrogens (primary N) is 1. The summed E-state index contributed by atoms with van der Waals surface area (Å²) in [6.07, 6.45) is -0.576. The van der Waals surface area contributed by atoms with Crippen LogP contribution in [0, 0.1) is 5.92 Å². The predicted molar refractivity (Wildman–Crippen MR) is 120 cm³/mol. The van der Waals surface area contributed by atoms with Gasteiger partial charge >= 0.3 is 5.97 Å². The Hall–Kier alpha value is -3.00. The fraction of sp³-hybridized carbons (Fsp3) is 0.318. The standard InChI is InChI=1S/C22H28N3O6P/c1-14(2)21(24-19(26)11-15-7-4-3-5-8-15)32(30,31)13-18(22(28)29)16-9-6-10-17(12-16)20(27)25-23/h3-10,12,14,18,21H,11,13,23H2,1-2H3,(H,24,26)(H,25,27)(H,28,29)(H,30,31). The molecule has 2 rings (SSSR count). The molecule has 0 bridgehead atoms. The minimum atomic E-state index is -4.18. The lowest BCUT2D eigenvalue weighted by Crippen LogP contribution is -2.40. The van der Waals surface area contributed by atoms with Crippen molar-refractivity contribution in [2.45, 2.75) is 32.0 Å². The first-order valence-electron chi connectivity index (χ1n) is 10.0. The number of hydrogen-bond acceptors (Lipinski definition) is 5. The van der Waals surface area contributed by atoms with Crippen LogP contribution < -0.4 is 16.6 Å². The number of hydrazine groups is 1. The molecule has 3 atom stereocenters. The monoisotopic (exact) mass is 461 g/mol. The van der Waals surface area contributed by atoms with E-state index in [2.05, 4.69) is 5.32 Å². The van der Waals surface area contributed by atoms with E-state index in [-0.39, 0.29) is 17.5 Å². The van der Waals surface area contributed by atoms with Gasteiger partial charge in [0.2, 0.25) is 13.3 Å². The van der Waals surface area contributed by atoms with Crippen LogP contribution in [0.2, 0.25) is 0 Å². The Morgan fingerprint density at radius 3 is 2.28 bits per heavy atom. The molecule has 0 saturated heterocycles. The van der Waals surface area contributed by atoms with Crippen molar-refractivity contribution in [1.82, 2.24) is 10.7 Å². The molecule has 0 fully saturated rings. The van der Waals surface area contributed by atoms with Gasteiger partial charge in [-0.2, -0.15) is 0 Å². The van der Waals surface area contributed by atoms with Crippen LogP contribution in [0.25, 0.3) is 0 Å². The first kappa shape index (κ1) is 25.3. The second kappa shape index (κ2) is 11.0. The fourth-order valence-corrected chi connectivity index (χ4v) is 5.81. The number of hydrogen-bond donors (Lipinski definition) is 5. The summed E-state index contributed by atoms with van der Waals surface area (Å²) in [5, 5.41) is 12.3. The molecule has 3 unspecified atom stereocenters. The zero-order valence-electron chi connectivity index (χ0n) is 17.9. The minimum Gasteiger partial charge on any atom is -0.481 e. The van der Waals surface area contributed by atoms with Gasteiger partial charge in [0.1, 0.15) is 5.78 Å². The molecule has 6 N–H and O–H groups in total. The minimum absolute atomic E-state index is 0.0304. The summed E-state index contributed by atoms with van der Waals surface area (Å²) < 4.78 is 13.3. The van der Waals surface area contributed by atoms with E-state index in [1.165, 1.54) is 24.3 Å². The van der Waals surface area contributed by atoms with Gasteiger partial charge in [0.15, 0.2) is 0 Å². The van der Waals surface area contributed by atoms with Crippen LogP contribution in [-0.2, 0) is 20.6 Å². The Balaban J connectivity index is 2.25. The van der Waals surface area contributed by atoms with Gasteiger partial charge in [-0.15, -0.1) is 0 Å². The van der Waals surface area contributed by atoms with Gasteiger partial charge in [-0.25, -0.2) is 5.84 Å². The number of carbonyl (C=O) groups is 3. The quantitative estimate of drug-likeness (QED) is 0.157. The van der Waals surface area contributed by atoms with Gasteiger partial charge in [-0.3, -0.25) is 24.4 Å². The van der Waals surface area contributed by atoms with Gasteiger partial charge in [0.25, 0.3) is 5.91 Å². The molecule has 0 aliphatic rings. The lowest BCUT2D eigenvalue weighted by Gasteiger charge is -2.29. The van der Waals surface area contributed by atoms with Crippen molar-refractivity contribution in [3.8, 4) is 0 Å². The number of carbonyl (C=O) groups excluding carboxylic acids is 2. The topological polar surface area (TPSA) is 159 Å². The summed E-state index contributed by atoms with van der Waals surface area (Å²) in [6.45, 7) is 3.36. The number of carboxylic acid groups (broad SMARTS) is 1. The Labute approximate surface area is 186 Å². The van der Waals surface area contributed by atoms with Gasteiger partial charge in [0.05, 0.1) is 12.3 Å². The number of carboxylic acids is 1. The Bertz CT molecular complexity index is 1010. The van der Waals surface area contributed by atoms with E-state index in [4.69, 9.17) is 5.84 Å². The number of nitrogens with one attached hydrogen (secondary N) is 2. The molecule has 32 heavy (non-hydrogen) atoms. The van der Waals surface area contributed by atoms with Gasteiger partial charge in [-0.1, -0.05) is 56.3 Å². The molecule has 0 spiro atoms. The molecule has 2 aromatic rings. The lowest BCUT2D eigenvalue weighted by molar-refractivity contribution is -0.138. The fourth-order valence-electron chi connectivity index (χ4n) is 3.41. The van der Waals surface area contributed by atoms with Crippen LogP contribution >= 0.6 is 7.37 Å². The van der Waals surface area contributed by atoms with E-state index in [0.29, 0.717) is 0 Å². The van der Waals surface area contributed by atoms with Crippen molar-refractivity contribution < 1.29 is 28.9 Å². The summed E-state index contributed by atoms with van der Waals surface area (Å²) in [5.74, 6) is -0.147. The van der Waals surface area contributed by atoms with Crippen molar-refractivity contribution in [1.29, 1.82) is 0 Å². The van der Waals surface area contributed by atoms with Crippen LogP contribution in [0.5, 0.6) is 0 Å². The van der Waals surface area contributed by atoms with Crippen molar-refractivity contribution >= 4 is 25.2 Å². The summed E-state index contributed by atoms with van der Waals surface area (Å²) in [7, 11) is -4.18. The molecule has 9 nitrogen and oxygen atoms in total. The third-order valence-corrected chi connectivity index (χ3v) is 7.49. The average Bonchev–Trinajstić information content (AvgIpc) is 2.75. The molecule has 0 aromatic heterocycles. The molecule has 0 radical (unpaired) electrons. The predicted octanol–water partition coefficient (Wildman–Crippen LogP) is 2.07. The first-order valence-corrected chi connectivity index (χ1v) is 11.9. The van der Waals surface area contributed by atoms with Gasteiger partial charge < -0.3 is 15.3 Å². The number of benzene rings is 2. The number of rotatable bonds is 10. The molecule has 0 heterocycles. The zero-order chi connectivity index (χ0) is 23.9. The maximum atomic E-state index is 13.3. The SMILES string of the molecule is CC(C)C(NC(=O)Cc1ccccc1)P(=O)(O)CC(C(=O)O)c1cccc(C(=O)NN)c1. The van der Waals surface area contributed by atoms with E-state index in [1.54, 1.807) is 38.1 Å². The number of amides is 2. The second-order valence-electron chi connectivity index (χ2n) is 7.85. The Morgan fingerprint density at radius 2 is 1.72 bits per heavy atom. The molecule has 172 valence electrons. The number of nitrogen functional groups attached to an aromatic ring is 1. The molecule has 0 aliphatic carbocycles. The first-order chi connectivity index (χ1) is 15.0. The van der Waals surface area contributed by atoms with Crippen molar-refractivity contribution in [3.63, 3.8) is 0 Å². The van der Waals surface area contributed by atoms with Crippen LogP contribution in [0.4, 0.5) is 0 Å². The molecule has 2 amide bonds. The van der Waals surface area contributed by atoms with Crippen LogP contribution in [0.15, 0.2) is 54.6 Å². The lowest BCUT2D eigenvalue weighted by atomic mass is 9.99. The highest BCUT2D eigenvalue weighted by molar-refractivity contribution is 7.58. The van der Waals surface area contributed by atoms with E-state index in [1.807, 2.05) is 11.5 Å². The number of aliphatic carboxylic acids is 1.